The summed E-state index contributed by atoms with van der Waals surface area (Å²) in [6.45, 7) is 2.13. The Labute approximate surface area is 108 Å². The molecule has 1 aromatic carbocycles. The second kappa shape index (κ2) is 6.23. The second-order valence-electron chi connectivity index (χ2n) is 3.28. The largest absolute Gasteiger partial charge is 0.466 e. The molecule has 0 aliphatic rings. The van der Waals surface area contributed by atoms with E-state index >= 15 is 0 Å². The molecule has 88 valence electrons. The summed E-state index contributed by atoms with van der Waals surface area (Å²) >= 11 is 9.17. The zero-order chi connectivity index (χ0) is 12.1. The van der Waals surface area contributed by atoms with Crippen molar-refractivity contribution in [1.29, 1.82) is 0 Å². The molecule has 0 saturated heterocycles. The molecule has 5 heteroatoms. The number of esters is 1. The fourth-order valence-electron chi connectivity index (χ4n) is 1.31. The van der Waals surface area contributed by atoms with Crippen LogP contribution >= 0.6 is 27.5 Å². The first-order chi connectivity index (χ1) is 7.54. The lowest BCUT2D eigenvalue weighted by Crippen LogP contribution is -2.17. The van der Waals surface area contributed by atoms with Gasteiger partial charge in [-0.3, -0.25) is 4.79 Å². The quantitative estimate of drug-likeness (QED) is 0.870. The van der Waals surface area contributed by atoms with Crippen LogP contribution < -0.4 is 5.73 Å². The highest BCUT2D eigenvalue weighted by Gasteiger charge is 2.15. The number of nitrogens with two attached hydrogens (primary N) is 1. The van der Waals surface area contributed by atoms with Crippen LogP contribution in [-0.4, -0.2) is 12.6 Å². The van der Waals surface area contributed by atoms with E-state index in [0.29, 0.717) is 11.6 Å². The highest BCUT2D eigenvalue weighted by Crippen LogP contribution is 2.27. The molecule has 1 rings (SSSR count). The lowest BCUT2D eigenvalue weighted by Gasteiger charge is -2.13. The van der Waals surface area contributed by atoms with Crippen LogP contribution in [-0.2, 0) is 9.53 Å². The summed E-state index contributed by atoms with van der Waals surface area (Å²) in [5, 5.41) is 0.624. The molecular weight excluding hydrogens is 293 g/mol. The molecule has 0 heterocycles. The predicted molar refractivity (Wildman–Crippen MR) is 67.3 cm³/mol. The third-order valence-corrected chi connectivity index (χ3v) is 2.98. The van der Waals surface area contributed by atoms with Crippen LogP contribution in [0.15, 0.2) is 22.7 Å². The molecule has 0 radical (unpaired) electrons. The van der Waals surface area contributed by atoms with Crippen LogP contribution in [0.4, 0.5) is 0 Å². The average Bonchev–Trinajstić information content (AvgIpc) is 2.17. The van der Waals surface area contributed by atoms with Crippen molar-refractivity contribution in [3.63, 3.8) is 0 Å². The van der Waals surface area contributed by atoms with Crippen molar-refractivity contribution in [3.05, 3.63) is 33.3 Å². The van der Waals surface area contributed by atoms with Gasteiger partial charge in [0.25, 0.3) is 0 Å². The van der Waals surface area contributed by atoms with Crippen molar-refractivity contribution in [2.75, 3.05) is 6.61 Å². The van der Waals surface area contributed by atoms with Gasteiger partial charge in [0.1, 0.15) is 0 Å². The van der Waals surface area contributed by atoms with Crippen molar-refractivity contribution < 1.29 is 9.53 Å². The van der Waals surface area contributed by atoms with E-state index < -0.39 is 0 Å². The van der Waals surface area contributed by atoms with Crippen LogP contribution in [0.3, 0.4) is 0 Å². The molecule has 2 N–H and O–H groups in total. The summed E-state index contributed by atoms with van der Waals surface area (Å²) in [7, 11) is 0. The standard InChI is InChI=1S/C11H13BrClNO2/c1-2-16-11(15)6-10(14)8-4-3-7(13)5-9(8)12/h3-5,10H,2,6,14H2,1H3/t10-/m1/s1. The maximum absolute atomic E-state index is 11.3. The third-order valence-electron chi connectivity index (χ3n) is 2.05. The zero-order valence-electron chi connectivity index (χ0n) is 8.87. The van der Waals surface area contributed by atoms with Crippen LogP contribution in [0.1, 0.15) is 24.9 Å². The topological polar surface area (TPSA) is 52.3 Å². The van der Waals surface area contributed by atoms with Crippen molar-refractivity contribution in [2.24, 2.45) is 5.73 Å². The molecule has 0 fully saturated rings. The minimum absolute atomic E-state index is 0.161. The SMILES string of the molecule is CCOC(=O)C[C@@H](N)c1ccc(Cl)cc1Br. The number of rotatable bonds is 4. The van der Waals surface area contributed by atoms with E-state index in [4.69, 9.17) is 22.1 Å². The lowest BCUT2D eigenvalue weighted by molar-refractivity contribution is -0.143. The Bertz CT molecular complexity index is 384. The fraction of sp³-hybridized carbons (Fsp3) is 0.364. The average molecular weight is 307 g/mol. The molecule has 16 heavy (non-hydrogen) atoms. The first-order valence-corrected chi connectivity index (χ1v) is 6.07. The van der Waals surface area contributed by atoms with Gasteiger partial charge in [-0.2, -0.15) is 0 Å². The minimum Gasteiger partial charge on any atom is -0.466 e. The van der Waals surface area contributed by atoms with Crippen molar-refractivity contribution in [3.8, 4) is 0 Å². The number of ether oxygens (including phenoxy) is 1. The smallest absolute Gasteiger partial charge is 0.307 e. The molecular formula is C11H13BrClNO2. The van der Waals surface area contributed by atoms with E-state index in [1.54, 1.807) is 25.1 Å². The van der Waals surface area contributed by atoms with Gasteiger partial charge in [-0.1, -0.05) is 33.6 Å². The summed E-state index contributed by atoms with van der Waals surface area (Å²) in [6.07, 6.45) is 0.161. The number of carbonyl (C=O) groups excluding carboxylic acids is 1. The molecule has 0 unspecified atom stereocenters. The van der Waals surface area contributed by atoms with Crippen LogP contribution in [0.25, 0.3) is 0 Å². The van der Waals surface area contributed by atoms with Crippen molar-refractivity contribution in [1.82, 2.24) is 0 Å². The minimum atomic E-state index is -0.384. The lowest BCUT2D eigenvalue weighted by atomic mass is 10.1. The first-order valence-electron chi connectivity index (χ1n) is 4.90. The van der Waals surface area contributed by atoms with Gasteiger partial charge in [-0.25, -0.2) is 0 Å². The van der Waals surface area contributed by atoms with Crippen LogP contribution in [0.5, 0.6) is 0 Å². The van der Waals surface area contributed by atoms with Gasteiger partial charge >= 0.3 is 5.97 Å². The molecule has 0 spiro atoms. The highest BCUT2D eigenvalue weighted by molar-refractivity contribution is 9.10. The van der Waals surface area contributed by atoms with Gasteiger partial charge in [-0.15, -0.1) is 0 Å². The Balaban J connectivity index is 2.72. The van der Waals surface area contributed by atoms with E-state index in [9.17, 15) is 4.79 Å². The molecule has 0 bridgehead atoms. The third kappa shape index (κ3) is 3.77. The number of hydrogen-bond acceptors (Lipinski definition) is 3. The summed E-state index contributed by atoms with van der Waals surface area (Å²) in [6, 6.07) is 4.91. The maximum atomic E-state index is 11.3. The Hall–Kier alpha value is -0.580. The molecule has 1 aromatic rings. The van der Waals surface area contributed by atoms with Gasteiger partial charge in [0.15, 0.2) is 0 Å². The number of benzene rings is 1. The van der Waals surface area contributed by atoms with Crippen LogP contribution in [0, 0.1) is 0 Å². The van der Waals surface area contributed by atoms with Gasteiger partial charge in [0, 0.05) is 15.5 Å². The van der Waals surface area contributed by atoms with Gasteiger partial charge < -0.3 is 10.5 Å². The van der Waals surface area contributed by atoms with E-state index in [-0.39, 0.29) is 18.4 Å². The Morgan fingerprint density at radius 2 is 2.31 bits per heavy atom. The molecule has 0 aromatic heterocycles. The zero-order valence-corrected chi connectivity index (χ0v) is 11.2. The highest BCUT2D eigenvalue weighted by atomic mass is 79.9. The van der Waals surface area contributed by atoms with E-state index in [2.05, 4.69) is 15.9 Å². The summed E-state index contributed by atoms with van der Waals surface area (Å²) in [5.74, 6) is -0.295. The number of carbonyl (C=O) groups is 1. The Morgan fingerprint density at radius 3 is 2.88 bits per heavy atom. The Morgan fingerprint density at radius 1 is 1.62 bits per heavy atom. The summed E-state index contributed by atoms with van der Waals surface area (Å²) in [4.78, 5) is 11.3. The molecule has 0 aliphatic heterocycles. The molecule has 0 amide bonds. The normalized spacial score (nSPS) is 12.2. The van der Waals surface area contributed by atoms with E-state index in [1.165, 1.54) is 0 Å². The van der Waals surface area contributed by atoms with Crippen molar-refractivity contribution >= 4 is 33.5 Å². The first kappa shape index (κ1) is 13.5. The molecule has 3 nitrogen and oxygen atoms in total. The molecule has 1 atom stereocenters. The summed E-state index contributed by atoms with van der Waals surface area (Å²) in [5.41, 5.74) is 6.75. The van der Waals surface area contributed by atoms with E-state index in [1.807, 2.05) is 0 Å². The number of halogens is 2. The Kier molecular flexibility index (Phi) is 5.25. The van der Waals surface area contributed by atoms with Crippen molar-refractivity contribution in [2.45, 2.75) is 19.4 Å². The van der Waals surface area contributed by atoms with Crippen LogP contribution in [0.2, 0.25) is 5.02 Å². The monoisotopic (exact) mass is 305 g/mol. The number of hydrogen-bond donors (Lipinski definition) is 1. The van der Waals surface area contributed by atoms with E-state index in [0.717, 1.165) is 10.0 Å². The van der Waals surface area contributed by atoms with Gasteiger partial charge in [0.2, 0.25) is 0 Å². The van der Waals surface area contributed by atoms with Gasteiger partial charge in [-0.05, 0) is 24.6 Å². The molecule has 0 aliphatic carbocycles. The molecule has 0 saturated carbocycles. The predicted octanol–water partition coefficient (Wildman–Crippen LogP) is 3.06. The maximum Gasteiger partial charge on any atom is 0.307 e. The van der Waals surface area contributed by atoms with Gasteiger partial charge in [0.05, 0.1) is 13.0 Å². The summed E-state index contributed by atoms with van der Waals surface area (Å²) < 4.78 is 5.64. The second-order valence-corrected chi connectivity index (χ2v) is 4.57. The fourth-order valence-corrected chi connectivity index (χ4v) is 2.29.